The number of benzene rings is 1. The Hall–Kier alpha value is -1.06. The second-order valence-corrected chi connectivity index (χ2v) is 7.09. The summed E-state index contributed by atoms with van der Waals surface area (Å²) in [4.78, 5) is 2.53. The summed E-state index contributed by atoms with van der Waals surface area (Å²) in [7, 11) is 1.70. The van der Waals surface area contributed by atoms with Gasteiger partial charge >= 0.3 is 0 Å². The molecule has 3 nitrogen and oxygen atoms in total. The third-order valence-electron chi connectivity index (χ3n) is 5.48. The SMILES string of the molecule is COc1ccc2c(c1)C(C)(C)C(CN1CCCCC1)C2O. The third-order valence-corrected chi connectivity index (χ3v) is 5.48. The molecule has 1 aliphatic carbocycles. The minimum Gasteiger partial charge on any atom is -0.497 e. The average molecular weight is 289 g/mol. The van der Waals surface area contributed by atoms with Crippen molar-refractivity contribution < 1.29 is 9.84 Å². The predicted molar refractivity (Wildman–Crippen MR) is 84.8 cm³/mol. The number of ether oxygens (including phenoxy) is 1. The number of rotatable bonds is 3. The summed E-state index contributed by atoms with van der Waals surface area (Å²) >= 11 is 0. The first-order valence-electron chi connectivity index (χ1n) is 8.13. The van der Waals surface area contributed by atoms with E-state index in [0.29, 0.717) is 0 Å². The maximum atomic E-state index is 10.8. The fraction of sp³-hybridized carbons (Fsp3) is 0.667. The molecule has 0 amide bonds. The van der Waals surface area contributed by atoms with Crippen molar-refractivity contribution in [3.05, 3.63) is 29.3 Å². The van der Waals surface area contributed by atoms with Crippen LogP contribution < -0.4 is 4.74 Å². The van der Waals surface area contributed by atoms with Crippen LogP contribution in [0.2, 0.25) is 0 Å². The van der Waals surface area contributed by atoms with Gasteiger partial charge in [0.2, 0.25) is 0 Å². The lowest BCUT2D eigenvalue weighted by atomic mass is 9.77. The summed E-state index contributed by atoms with van der Waals surface area (Å²) < 4.78 is 5.36. The van der Waals surface area contributed by atoms with Gasteiger partial charge in [0.25, 0.3) is 0 Å². The Kier molecular flexibility index (Phi) is 3.98. The fourth-order valence-electron chi connectivity index (χ4n) is 4.04. The van der Waals surface area contributed by atoms with Crippen LogP contribution in [0.25, 0.3) is 0 Å². The molecule has 3 heteroatoms. The smallest absolute Gasteiger partial charge is 0.119 e. The van der Waals surface area contributed by atoms with E-state index in [-0.39, 0.29) is 17.4 Å². The van der Waals surface area contributed by atoms with E-state index in [1.54, 1.807) is 7.11 Å². The molecule has 1 aromatic rings. The van der Waals surface area contributed by atoms with Crippen LogP contribution in [0.1, 0.15) is 50.3 Å². The van der Waals surface area contributed by atoms with Gasteiger partial charge in [0, 0.05) is 12.5 Å². The van der Waals surface area contributed by atoms with Gasteiger partial charge in [-0.3, -0.25) is 0 Å². The van der Waals surface area contributed by atoms with E-state index in [9.17, 15) is 5.11 Å². The molecule has 3 rings (SSSR count). The second kappa shape index (κ2) is 5.62. The minimum atomic E-state index is -0.358. The Morgan fingerprint density at radius 2 is 1.95 bits per heavy atom. The zero-order valence-corrected chi connectivity index (χ0v) is 13.4. The lowest BCUT2D eigenvalue weighted by molar-refractivity contribution is 0.0541. The Bertz CT molecular complexity index is 506. The van der Waals surface area contributed by atoms with E-state index in [4.69, 9.17) is 4.74 Å². The number of fused-ring (bicyclic) bond motifs is 1. The molecule has 0 spiro atoms. The van der Waals surface area contributed by atoms with Crippen LogP contribution in [-0.4, -0.2) is 36.8 Å². The van der Waals surface area contributed by atoms with E-state index in [1.165, 1.54) is 37.9 Å². The highest BCUT2D eigenvalue weighted by atomic mass is 16.5. The van der Waals surface area contributed by atoms with Gasteiger partial charge in [-0.05, 0) is 54.6 Å². The zero-order valence-electron chi connectivity index (χ0n) is 13.4. The summed E-state index contributed by atoms with van der Waals surface area (Å²) in [6.07, 6.45) is 3.58. The molecule has 1 aliphatic heterocycles. The molecule has 2 aliphatic rings. The minimum absolute atomic E-state index is 0.0132. The first kappa shape index (κ1) is 14.9. The van der Waals surface area contributed by atoms with Crippen LogP contribution in [0.5, 0.6) is 5.75 Å². The Labute approximate surface area is 127 Å². The Morgan fingerprint density at radius 1 is 1.24 bits per heavy atom. The maximum absolute atomic E-state index is 10.8. The highest BCUT2D eigenvalue weighted by Gasteiger charge is 2.46. The molecule has 116 valence electrons. The third kappa shape index (κ3) is 2.58. The highest BCUT2D eigenvalue weighted by Crippen LogP contribution is 2.50. The van der Waals surface area contributed by atoms with E-state index in [2.05, 4.69) is 24.8 Å². The van der Waals surface area contributed by atoms with Crippen molar-refractivity contribution in [1.82, 2.24) is 4.90 Å². The molecule has 2 atom stereocenters. The van der Waals surface area contributed by atoms with E-state index >= 15 is 0 Å². The Balaban J connectivity index is 1.86. The van der Waals surface area contributed by atoms with E-state index in [1.807, 2.05) is 12.1 Å². The van der Waals surface area contributed by atoms with Crippen LogP contribution in [0.15, 0.2) is 18.2 Å². The average Bonchev–Trinajstić information content (AvgIpc) is 2.69. The zero-order chi connectivity index (χ0) is 15.0. The van der Waals surface area contributed by atoms with E-state index in [0.717, 1.165) is 17.9 Å². The first-order valence-corrected chi connectivity index (χ1v) is 8.13. The van der Waals surface area contributed by atoms with Gasteiger partial charge in [0.05, 0.1) is 13.2 Å². The van der Waals surface area contributed by atoms with Crippen LogP contribution >= 0.6 is 0 Å². The summed E-state index contributed by atoms with van der Waals surface area (Å²) in [5.41, 5.74) is 2.32. The Morgan fingerprint density at radius 3 is 2.62 bits per heavy atom. The van der Waals surface area contributed by atoms with Crippen molar-refractivity contribution in [1.29, 1.82) is 0 Å². The number of methoxy groups -OCH3 is 1. The quantitative estimate of drug-likeness (QED) is 0.928. The lowest BCUT2D eigenvalue weighted by Crippen LogP contribution is -2.40. The van der Waals surface area contributed by atoms with Gasteiger partial charge in [-0.25, -0.2) is 0 Å². The molecule has 0 aromatic heterocycles. The number of nitrogens with zero attached hydrogens (tertiary/aromatic N) is 1. The number of hydrogen-bond acceptors (Lipinski definition) is 3. The summed E-state index contributed by atoms with van der Waals surface area (Å²) in [6.45, 7) is 7.87. The van der Waals surface area contributed by atoms with Gasteiger partial charge < -0.3 is 14.7 Å². The highest BCUT2D eigenvalue weighted by molar-refractivity contribution is 5.46. The number of likely N-dealkylation sites (tertiary alicyclic amines) is 1. The standard InChI is InChI=1S/C18H27NO2/c1-18(2)15-11-13(21-3)7-8-14(15)17(20)16(18)12-19-9-5-4-6-10-19/h7-8,11,16-17,20H,4-6,9-10,12H2,1-3H3. The molecule has 1 saturated heterocycles. The first-order chi connectivity index (χ1) is 10.0. The molecule has 1 aromatic carbocycles. The largest absolute Gasteiger partial charge is 0.497 e. The van der Waals surface area contributed by atoms with E-state index < -0.39 is 0 Å². The summed E-state index contributed by atoms with van der Waals surface area (Å²) in [5, 5.41) is 10.8. The molecule has 1 N–H and O–H groups in total. The van der Waals surface area contributed by atoms with Crippen LogP contribution in [0.4, 0.5) is 0 Å². The molecule has 0 bridgehead atoms. The topological polar surface area (TPSA) is 32.7 Å². The normalized spacial score (nSPS) is 28.4. The van der Waals surface area contributed by atoms with Crippen LogP contribution in [-0.2, 0) is 5.41 Å². The molecule has 1 fully saturated rings. The van der Waals surface area contributed by atoms with Crippen molar-refractivity contribution in [2.45, 2.75) is 44.6 Å². The van der Waals surface area contributed by atoms with Gasteiger partial charge in [0.15, 0.2) is 0 Å². The maximum Gasteiger partial charge on any atom is 0.119 e. The van der Waals surface area contributed by atoms with Crippen molar-refractivity contribution in [2.75, 3.05) is 26.7 Å². The number of piperidine rings is 1. The molecular formula is C18H27NO2. The van der Waals surface area contributed by atoms with Crippen molar-refractivity contribution in [2.24, 2.45) is 5.92 Å². The van der Waals surface area contributed by atoms with Gasteiger partial charge in [0.1, 0.15) is 5.75 Å². The van der Waals surface area contributed by atoms with Crippen molar-refractivity contribution in [3.8, 4) is 5.75 Å². The number of aliphatic hydroxyl groups is 1. The van der Waals surface area contributed by atoms with Gasteiger partial charge in [-0.15, -0.1) is 0 Å². The van der Waals surface area contributed by atoms with Gasteiger partial charge in [-0.2, -0.15) is 0 Å². The number of aliphatic hydroxyl groups excluding tert-OH is 1. The number of hydrogen-bond donors (Lipinski definition) is 1. The molecule has 0 saturated carbocycles. The van der Waals surface area contributed by atoms with Crippen molar-refractivity contribution >= 4 is 0 Å². The van der Waals surface area contributed by atoms with Gasteiger partial charge in [-0.1, -0.05) is 26.3 Å². The molecule has 21 heavy (non-hydrogen) atoms. The molecule has 1 heterocycles. The van der Waals surface area contributed by atoms with Crippen molar-refractivity contribution in [3.63, 3.8) is 0 Å². The van der Waals surface area contributed by atoms with Crippen LogP contribution in [0, 0.1) is 5.92 Å². The summed E-state index contributed by atoms with van der Waals surface area (Å²) in [5.74, 6) is 1.14. The molecular weight excluding hydrogens is 262 g/mol. The molecule has 2 unspecified atom stereocenters. The lowest BCUT2D eigenvalue weighted by Gasteiger charge is -2.36. The van der Waals surface area contributed by atoms with Crippen LogP contribution in [0.3, 0.4) is 0 Å². The fourth-order valence-corrected chi connectivity index (χ4v) is 4.04. The molecule has 0 radical (unpaired) electrons. The second-order valence-electron chi connectivity index (χ2n) is 7.09. The predicted octanol–water partition coefficient (Wildman–Crippen LogP) is 3.12. The summed E-state index contributed by atoms with van der Waals surface area (Å²) in [6, 6.07) is 6.10. The monoisotopic (exact) mass is 289 g/mol.